The Bertz CT molecular complexity index is 1060. The summed E-state index contributed by atoms with van der Waals surface area (Å²) in [5.41, 5.74) is 0. The zero-order chi connectivity index (χ0) is 44.1. The van der Waals surface area contributed by atoms with E-state index in [4.69, 9.17) is 18.9 Å². The lowest BCUT2D eigenvalue weighted by Crippen LogP contribution is -2.38. The van der Waals surface area contributed by atoms with E-state index in [0.717, 1.165) is 109 Å². The molecule has 1 saturated heterocycles. The summed E-state index contributed by atoms with van der Waals surface area (Å²) in [6, 6.07) is -0.448. The molecule has 0 spiro atoms. The van der Waals surface area contributed by atoms with Crippen LogP contribution >= 0.6 is 0 Å². The maximum absolute atomic E-state index is 13.4. The quantitative estimate of drug-likeness (QED) is 0.0335. The van der Waals surface area contributed by atoms with Crippen molar-refractivity contribution in [1.82, 2.24) is 9.80 Å². The lowest BCUT2D eigenvalue weighted by Gasteiger charge is -2.22. The van der Waals surface area contributed by atoms with Crippen LogP contribution in [-0.2, 0) is 38.1 Å². The maximum atomic E-state index is 13.4. The SMILES string of the molecule is CCCCCCCCC(CCCC)OC(=O)CCCCCCCOC(=O)[C@@H]1CC(OC(=O)CCN(C)C)CN1CCCCCC(=O)OC(CCCCCC)CCCCCC. The van der Waals surface area contributed by atoms with Crippen molar-refractivity contribution in [2.24, 2.45) is 0 Å². The summed E-state index contributed by atoms with van der Waals surface area (Å²) in [4.78, 5) is 55.4. The van der Waals surface area contributed by atoms with Crippen LogP contribution in [0.2, 0.25) is 0 Å². The number of unbranched alkanes of at least 4 members (excludes halogenated alkanes) is 18. The van der Waals surface area contributed by atoms with E-state index in [1.54, 1.807) is 0 Å². The van der Waals surface area contributed by atoms with Crippen molar-refractivity contribution in [3.05, 3.63) is 0 Å². The summed E-state index contributed by atoms with van der Waals surface area (Å²) in [6.07, 6.45) is 31.3. The molecule has 3 atom stereocenters. The van der Waals surface area contributed by atoms with Crippen LogP contribution in [0.5, 0.6) is 0 Å². The van der Waals surface area contributed by atoms with Crippen molar-refractivity contribution in [2.75, 3.05) is 40.3 Å². The lowest BCUT2D eigenvalue weighted by atomic mass is 10.0. The molecule has 1 aliphatic rings. The van der Waals surface area contributed by atoms with Crippen molar-refractivity contribution in [3.63, 3.8) is 0 Å². The second kappa shape index (κ2) is 38.5. The van der Waals surface area contributed by atoms with E-state index in [1.165, 1.54) is 70.6 Å². The fourth-order valence-corrected chi connectivity index (χ4v) is 8.13. The van der Waals surface area contributed by atoms with Crippen LogP contribution < -0.4 is 0 Å². The first-order chi connectivity index (χ1) is 29.1. The van der Waals surface area contributed by atoms with E-state index >= 15 is 0 Å². The van der Waals surface area contributed by atoms with Crippen LogP contribution in [0.15, 0.2) is 0 Å². The van der Waals surface area contributed by atoms with Crippen molar-refractivity contribution in [3.8, 4) is 0 Å². The molecule has 0 radical (unpaired) electrons. The fraction of sp³-hybridized carbons (Fsp3) is 0.920. The van der Waals surface area contributed by atoms with E-state index in [9.17, 15) is 19.2 Å². The number of esters is 4. The average Bonchev–Trinajstić information content (AvgIpc) is 3.63. The van der Waals surface area contributed by atoms with Gasteiger partial charge in [0, 0.05) is 32.4 Å². The highest BCUT2D eigenvalue weighted by Crippen LogP contribution is 2.24. The zero-order valence-corrected chi connectivity index (χ0v) is 39.9. The Morgan fingerprint density at radius 2 is 0.983 bits per heavy atom. The summed E-state index contributed by atoms with van der Waals surface area (Å²) in [6.45, 7) is 11.0. The van der Waals surface area contributed by atoms with Crippen molar-refractivity contribution in [1.29, 1.82) is 0 Å². The molecular weight excluding hydrogens is 757 g/mol. The predicted molar refractivity (Wildman–Crippen MR) is 245 cm³/mol. The van der Waals surface area contributed by atoms with Gasteiger partial charge in [0.1, 0.15) is 24.4 Å². The molecule has 1 fully saturated rings. The second-order valence-electron chi connectivity index (χ2n) is 18.0. The lowest BCUT2D eigenvalue weighted by molar-refractivity contribution is -0.151. The van der Waals surface area contributed by atoms with Gasteiger partial charge in [0.15, 0.2) is 0 Å². The number of rotatable bonds is 41. The smallest absolute Gasteiger partial charge is 0.323 e. The van der Waals surface area contributed by atoms with Gasteiger partial charge in [0.25, 0.3) is 0 Å². The third-order valence-electron chi connectivity index (χ3n) is 11.9. The van der Waals surface area contributed by atoms with Crippen molar-refractivity contribution >= 4 is 23.9 Å². The molecule has 0 aromatic carbocycles. The molecule has 0 amide bonds. The third kappa shape index (κ3) is 30.8. The van der Waals surface area contributed by atoms with Crippen LogP contribution in [0, 0.1) is 0 Å². The Hall–Kier alpha value is -2.20. The number of hydrogen-bond acceptors (Lipinski definition) is 10. The molecule has 0 saturated carbocycles. The normalized spacial score (nSPS) is 16.1. The monoisotopic (exact) mass is 851 g/mol. The molecule has 1 heterocycles. The van der Waals surface area contributed by atoms with Gasteiger partial charge >= 0.3 is 23.9 Å². The van der Waals surface area contributed by atoms with Gasteiger partial charge in [-0.2, -0.15) is 0 Å². The highest BCUT2D eigenvalue weighted by atomic mass is 16.6. The number of carbonyl (C=O) groups excluding carboxylic acids is 4. The molecule has 0 aliphatic carbocycles. The minimum absolute atomic E-state index is 0.0308. The molecule has 1 rings (SSSR count). The molecule has 10 nitrogen and oxygen atoms in total. The largest absolute Gasteiger partial charge is 0.465 e. The molecule has 0 aromatic heterocycles. The van der Waals surface area contributed by atoms with E-state index in [2.05, 4.69) is 32.6 Å². The molecule has 0 aromatic rings. The average molecular weight is 851 g/mol. The van der Waals surface area contributed by atoms with E-state index in [-0.39, 0.29) is 42.2 Å². The molecular formula is C50H94N2O8. The maximum Gasteiger partial charge on any atom is 0.323 e. The van der Waals surface area contributed by atoms with Gasteiger partial charge in [-0.05, 0) is 91.3 Å². The standard InChI is InChI=1S/C50H94N2O8/c1-7-11-15-18-20-26-34-43(31-14-10-4)58-47(53)35-27-21-19-22-30-40-57-50(56)46-41-45(60-49(55)37-39-51(5)6)42-52(46)38-29-23-28-36-48(54)59-44(32-24-16-12-8-2)33-25-17-13-9-3/h43-46H,7-42H2,1-6H3/t43?,45?,46-/m0/s1. The Morgan fingerprint density at radius 1 is 0.533 bits per heavy atom. The Balaban J connectivity index is 2.48. The summed E-state index contributed by atoms with van der Waals surface area (Å²) >= 11 is 0. The van der Waals surface area contributed by atoms with Crippen molar-refractivity contribution < 1.29 is 38.1 Å². The summed E-state index contributed by atoms with van der Waals surface area (Å²) in [7, 11) is 3.85. The summed E-state index contributed by atoms with van der Waals surface area (Å²) in [5.74, 6) is -0.652. The van der Waals surface area contributed by atoms with Gasteiger partial charge in [0.2, 0.25) is 0 Å². The Labute approximate surface area is 368 Å². The number of nitrogens with zero attached hydrogens (tertiary/aromatic N) is 2. The summed E-state index contributed by atoms with van der Waals surface area (Å²) < 4.78 is 23.5. The molecule has 0 N–H and O–H groups in total. The minimum Gasteiger partial charge on any atom is -0.465 e. The predicted octanol–water partition coefficient (Wildman–Crippen LogP) is 12.1. The molecule has 2 unspecified atom stereocenters. The topological polar surface area (TPSA) is 112 Å². The van der Waals surface area contributed by atoms with Gasteiger partial charge in [-0.15, -0.1) is 0 Å². The minimum atomic E-state index is -0.448. The zero-order valence-electron chi connectivity index (χ0n) is 39.9. The Morgan fingerprint density at radius 3 is 1.52 bits per heavy atom. The highest BCUT2D eigenvalue weighted by Gasteiger charge is 2.39. The van der Waals surface area contributed by atoms with Crippen LogP contribution in [0.4, 0.5) is 0 Å². The molecule has 352 valence electrons. The Kier molecular flexibility index (Phi) is 35.8. The number of carbonyl (C=O) groups is 4. The third-order valence-corrected chi connectivity index (χ3v) is 11.9. The second-order valence-corrected chi connectivity index (χ2v) is 18.0. The van der Waals surface area contributed by atoms with E-state index < -0.39 is 6.04 Å². The highest BCUT2D eigenvalue weighted by molar-refractivity contribution is 5.76. The summed E-state index contributed by atoms with van der Waals surface area (Å²) in [5, 5.41) is 0. The van der Waals surface area contributed by atoms with Crippen LogP contribution in [0.25, 0.3) is 0 Å². The molecule has 1 aliphatic heterocycles. The molecule has 10 heteroatoms. The molecule has 0 bridgehead atoms. The van der Waals surface area contributed by atoms with Gasteiger partial charge in [0.05, 0.1) is 13.0 Å². The number of likely N-dealkylation sites (tertiary alicyclic amines) is 1. The van der Waals surface area contributed by atoms with Crippen LogP contribution in [0.1, 0.15) is 233 Å². The van der Waals surface area contributed by atoms with Crippen LogP contribution in [0.3, 0.4) is 0 Å². The van der Waals surface area contributed by atoms with Gasteiger partial charge in [-0.1, -0.05) is 137 Å². The van der Waals surface area contributed by atoms with E-state index in [1.807, 2.05) is 19.0 Å². The van der Waals surface area contributed by atoms with Crippen molar-refractivity contribution in [2.45, 2.75) is 258 Å². The molecule has 60 heavy (non-hydrogen) atoms. The number of hydrogen-bond donors (Lipinski definition) is 0. The van der Waals surface area contributed by atoms with Crippen LogP contribution in [-0.4, -0.2) is 98.4 Å². The van der Waals surface area contributed by atoms with Gasteiger partial charge < -0.3 is 23.8 Å². The fourth-order valence-electron chi connectivity index (χ4n) is 8.13. The van der Waals surface area contributed by atoms with Gasteiger partial charge in [-0.3, -0.25) is 24.1 Å². The first kappa shape index (κ1) is 55.8. The van der Waals surface area contributed by atoms with Gasteiger partial charge in [-0.25, -0.2) is 0 Å². The first-order valence-electron chi connectivity index (χ1n) is 25.3. The van der Waals surface area contributed by atoms with E-state index in [0.29, 0.717) is 51.9 Å². The number of ether oxygens (including phenoxy) is 4. The first-order valence-corrected chi connectivity index (χ1v) is 25.3.